The Morgan fingerprint density at radius 3 is 2.87 bits per heavy atom. The molecule has 1 heterocycles. The zero-order valence-electron chi connectivity index (χ0n) is 8.83. The minimum atomic E-state index is -0.295. The number of hydrogen-bond acceptors (Lipinski definition) is 2. The van der Waals surface area contributed by atoms with Crippen molar-refractivity contribution in [2.24, 2.45) is 0 Å². The van der Waals surface area contributed by atoms with Gasteiger partial charge in [0.1, 0.15) is 0 Å². The average molecular weight is 203 g/mol. The number of hydrogen-bond donors (Lipinski definition) is 1. The first-order valence-electron chi connectivity index (χ1n) is 4.94. The molecule has 2 aromatic rings. The Labute approximate surface area is 88.1 Å². The SMILES string of the molecule is CCc1cc2cc(C(=O)OC)ccc2[nH]1. The van der Waals surface area contributed by atoms with Crippen LogP contribution in [0.2, 0.25) is 0 Å². The van der Waals surface area contributed by atoms with E-state index < -0.39 is 0 Å². The molecule has 1 aromatic heterocycles. The van der Waals surface area contributed by atoms with Crippen LogP contribution in [-0.2, 0) is 11.2 Å². The molecule has 0 aliphatic rings. The summed E-state index contributed by atoms with van der Waals surface area (Å²) in [5.41, 5.74) is 2.82. The summed E-state index contributed by atoms with van der Waals surface area (Å²) in [6, 6.07) is 7.57. The van der Waals surface area contributed by atoms with E-state index in [0.717, 1.165) is 17.3 Å². The van der Waals surface area contributed by atoms with E-state index in [1.165, 1.54) is 12.8 Å². The van der Waals surface area contributed by atoms with Crippen LogP contribution in [0.15, 0.2) is 24.3 Å². The number of ether oxygens (including phenoxy) is 1. The molecule has 0 aliphatic carbocycles. The molecule has 2 rings (SSSR count). The van der Waals surface area contributed by atoms with Gasteiger partial charge in [-0.25, -0.2) is 4.79 Å². The molecule has 0 unspecified atom stereocenters. The molecule has 1 aromatic carbocycles. The third kappa shape index (κ3) is 1.73. The monoisotopic (exact) mass is 203 g/mol. The first-order chi connectivity index (χ1) is 7.24. The number of methoxy groups -OCH3 is 1. The van der Waals surface area contributed by atoms with Crippen molar-refractivity contribution >= 4 is 16.9 Å². The number of aryl methyl sites for hydroxylation is 1. The number of aromatic nitrogens is 1. The minimum absolute atomic E-state index is 0.295. The third-order valence-corrected chi connectivity index (χ3v) is 2.48. The van der Waals surface area contributed by atoms with Crippen molar-refractivity contribution in [3.8, 4) is 0 Å². The van der Waals surface area contributed by atoms with Crippen LogP contribution in [0, 0.1) is 0 Å². The summed E-state index contributed by atoms with van der Waals surface area (Å²) in [6.45, 7) is 2.09. The van der Waals surface area contributed by atoms with Gasteiger partial charge >= 0.3 is 5.97 Å². The fraction of sp³-hybridized carbons (Fsp3) is 0.250. The van der Waals surface area contributed by atoms with Gasteiger partial charge in [0.2, 0.25) is 0 Å². The molecular formula is C12H13NO2. The van der Waals surface area contributed by atoms with E-state index in [4.69, 9.17) is 0 Å². The number of nitrogens with one attached hydrogen (secondary N) is 1. The molecule has 0 radical (unpaired) electrons. The molecule has 0 atom stereocenters. The lowest BCUT2D eigenvalue weighted by Crippen LogP contribution is -2.00. The molecule has 0 bridgehead atoms. The van der Waals surface area contributed by atoms with Crippen molar-refractivity contribution < 1.29 is 9.53 Å². The molecule has 0 saturated heterocycles. The van der Waals surface area contributed by atoms with Crippen molar-refractivity contribution in [2.75, 3.05) is 7.11 Å². The fourth-order valence-corrected chi connectivity index (χ4v) is 1.63. The Hall–Kier alpha value is -1.77. The second kappa shape index (κ2) is 3.77. The standard InChI is InChI=1S/C12H13NO2/c1-3-10-7-9-6-8(12(14)15-2)4-5-11(9)13-10/h4-7,13H,3H2,1-2H3. The van der Waals surface area contributed by atoms with Crippen molar-refractivity contribution in [1.29, 1.82) is 0 Å². The van der Waals surface area contributed by atoms with Gasteiger partial charge in [0, 0.05) is 16.6 Å². The molecule has 3 heteroatoms. The molecule has 0 amide bonds. The van der Waals surface area contributed by atoms with Gasteiger partial charge in [-0.3, -0.25) is 0 Å². The molecule has 0 spiro atoms. The zero-order chi connectivity index (χ0) is 10.8. The molecule has 1 N–H and O–H groups in total. The number of carbonyl (C=O) groups excluding carboxylic acids is 1. The Kier molecular flexibility index (Phi) is 2.46. The Bertz CT molecular complexity index is 499. The summed E-state index contributed by atoms with van der Waals surface area (Å²) in [5.74, 6) is -0.295. The van der Waals surface area contributed by atoms with Crippen LogP contribution in [-0.4, -0.2) is 18.1 Å². The van der Waals surface area contributed by atoms with Gasteiger partial charge in [-0.05, 0) is 30.7 Å². The van der Waals surface area contributed by atoms with Crippen molar-refractivity contribution in [2.45, 2.75) is 13.3 Å². The molecule has 3 nitrogen and oxygen atoms in total. The van der Waals surface area contributed by atoms with E-state index in [1.54, 1.807) is 6.07 Å². The summed E-state index contributed by atoms with van der Waals surface area (Å²) in [7, 11) is 1.39. The van der Waals surface area contributed by atoms with Gasteiger partial charge in [-0.2, -0.15) is 0 Å². The number of carbonyl (C=O) groups is 1. The minimum Gasteiger partial charge on any atom is -0.465 e. The molecular weight excluding hydrogens is 190 g/mol. The highest BCUT2D eigenvalue weighted by atomic mass is 16.5. The highest BCUT2D eigenvalue weighted by molar-refractivity contribution is 5.94. The maximum atomic E-state index is 11.3. The van der Waals surface area contributed by atoms with Gasteiger partial charge in [-0.15, -0.1) is 0 Å². The van der Waals surface area contributed by atoms with Crippen LogP contribution in [0.1, 0.15) is 23.0 Å². The number of aromatic amines is 1. The van der Waals surface area contributed by atoms with Crippen LogP contribution in [0.4, 0.5) is 0 Å². The number of rotatable bonds is 2. The van der Waals surface area contributed by atoms with Gasteiger partial charge in [-0.1, -0.05) is 6.92 Å². The Morgan fingerprint density at radius 2 is 2.20 bits per heavy atom. The van der Waals surface area contributed by atoms with Crippen molar-refractivity contribution in [3.05, 3.63) is 35.5 Å². The van der Waals surface area contributed by atoms with Gasteiger partial charge in [0.05, 0.1) is 12.7 Å². The molecule has 0 saturated carbocycles. The van der Waals surface area contributed by atoms with Crippen LogP contribution < -0.4 is 0 Å². The van der Waals surface area contributed by atoms with Gasteiger partial charge < -0.3 is 9.72 Å². The normalized spacial score (nSPS) is 10.5. The maximum Gasteiger partial charge on any atom is 0.337 e. The lowest BCUT2D eigenvalue weighted by molar-refractivity contribution is 0.0601. The quantitative estimate of drug-likeness (QED) is 0.762. The average Bonchev–Trinajstić information content (AvgIpc) is 2.69. The lowest BCUT2D eigenvalue weighted by Gasteiger charge is -1.98. The first-order valence-corrected chi connectivity index (χ1v) is 4.94. The second-order valence-electron chi connectivity index (χ2n) is 3.44. The van der Waals surface area contributed by atoms with Gasteiger partial charge in [0.25, 0.3) is 0 Å². The highest BCUT2D eigenvalue weighted by Gasteiger charge is 2.06. The number of fused-ring (bicyclic) bond motifs is 1. The van der Waals surface area contributed by atoms with Crippen molar-refractivity contribution in [1.82, 2.24) is 4.98 Å². The summed E-state index contributed by atoms with van der Waals surface area (Å²) >= 11 is 0. The summed E-state index contributed by atoms with van der Waals surface area (Å²) < 4.78 is 4.67. The summed E-state index contributed by atoms with van der Waals surface area (Å²) in [5, 5.41) is 1.05. The fourth-order valence-electron chi connectivity index (χ4n) is 1.63. The van der Waals surface area contributed by atoms with Crippen LogP contribution >= 0.6 is 0 Å². The zero-order valence-corrected chi connectivity index (χ0v) is 8.83. The summed E-state index contributed by atoms with van der Waals surface area (Å²) in [6.07, 6.45) is 0.961. The summed E-state index contributed by atoms with van der Waals surface area (Å²) in [4.78, 5) is 14.6. The number of esters is 1. The Morgan fingerprint density at radius 1 is 1.40 bits per heavy atom. The predicted octanol–water partition coefficient (Wildman–Crippen LogP) is 2.52. The Balaban J connectivity index is 2.50. The molecule has 0 aliphatic heterocycles. The predicted molar refractivity (Wildman–Crippen MR) is 59.0 cm³/mol. The number of H-pyrrole nitrogens is 1. The number of benzene rings is 1. The second-order valence-corrected chi connectivity index (χ2v) is 3.44. The largest absolute Gasteiger partial charge is 0.465 e. The van der Waals surface area contributed by atoms with E-state index in [0.29, 0.717) is 5.56 Å². The van der Waals surface area contributed by atoms with Crippen LogP contribution in [0.5, 0.6) is 0 Å². The molecule has 15 heavy (non-hydrogen) atoms. The topological polar surface area (TPSA) is 42.1 Å². The van der Waals surface area contributed by atoms with E-state index >= 15 is 0 Å². The van der Waals surface area contributed by atoms with Crippen LogP contribution in [0.3, 0.4) is 0 Å². The lowest BCUT2D eigenvalue weighted by atomic mass is 10.1. The van der Waals surface area contributed by atoms with E-state index in [2.05, 4.69) is 22.7 Å². The molecule has 0 fully saturated rings. The third-order valence-electron chi connectivity index (χ3n) is 2.48. The smallest absolute Gasteiger partial charge is 0.337 e. The van der Waals surface area contributed by atoms with E-state index in [1.807, 2.05) is 12.1 Å². The first kappa shape index (κ1) is 9.77. The van der Waals surface area contributed by atoms with Crippen LogP contribution in [0.25, 0.3) is 10.9 Å². The molecule has 78 valence electrons. The highest BCUT2D eigenvalue weighted by Crippen LogP contribution is 2.18. The maximum absolute atomic E-state index is 11.3. The van der Waals surface area contributed by atoms with E-state index in [-0.39, 0.29) is 5.97 Å². The van der Waals surface area contributed by atoms with Crippen molar-refractivity contribution in [3.63, 3.8) is 0 Å². The van der Waals surface area contributed by atoms with E-state index in [9.17, 15) is 4.79 Å². The van der Waals surface area contributed by atoms with Gasteiger partial charge in [0.15, 0.2) is 0 Å².